The molecule has 2 unspecified atom stereocenters. The van der Waals surface area contributed by atoms with Crippen molar-refractivity contribution in [3.05, 3.63) is 29.5 Å². The van der Waals surface area contributed by atoms with E-state index in [-0.39, 0.29) is 11.9 Å². The molecule has 0 spiro atoms. The first kappa shape index (κ1) is 18.3. The number of unbranched alkanes of at least 4 members (excludes halogenated alkanes) is 2. The quantitative estimate of drug-likeness (QED) is 0.699. The van der Waals surface area contributed by atoms with Crippen molar-refractivity contribution < 1.29 is 19.4 Å². The molecule has 6 nitrogen and oxygen atoms in total. The number of nitrogens with two attached hydrogens (primary N) is 1. The van der Waals surface area contributed by atoms with E-state index in [9.17, 15) is 9.90 Å². The summed E-state index contributed by atoms with van der Waals surface area (Å²) in [7, 11) is 1.63. The average molecular weight is 358 g/mol. The number of pyridine rings is 1. The Morgan fingerprint density at radius 3 is 2.88 bits per heavy atom. The highest BCUT2D eigenvalue weighted by Gasteiger charge is 2.39. The summed E-state index contributed by atoms with van der Waals surface area (Å²) in [6.45, 7) is 1.91. The van der Waals surface area contributed by atoms with Gasteiger partial charge in [0.1, 0.15) is 17.6 Å². The third-order valence-corrected chi connectivity index (χ3v) is 5.11. The Labute approximate surface area is 153 Å². The minimum absolute atomic E-state index is 0.0262. The zero-order valence-corrected chi connectivity index (χ0v) is 15.3. The molecule has 1 aliphatic carbocycles. The Bertz CT molecular complexity index is 806. The number of fused-ring (bicyclic) bond motifs is 1. The number of nitrogens with zero attached hydrogens (tertiary/aromatic N) is 1. The van der Waals surface area contributed by atoms with E-state index in [0.29, 0.717) is 5.92 Å². The predicted molar refractivity (Wildman–Crippen MR) is 99.4 cm³/mol. The summed E-state index contributed by atoms with van der Waals surface area (Å²) in [6, 6.07) is 5.72. The van der Waals surface area contributed by atoms with Gasteiger partial charge in [0.25, 0.3) is 0 Å². The number of methoxy groups -OCH3 is 1. The topological polar surface area (TPSA) is 94.7 Å². The van der Waals surface area contributed by atoms with E-state index in [1.165, 1.54) is 0 Å². The van der Waals surface area contributed by atoms with Crippen LogP contribution < -0.4 is 10.5 Å². The van der Waals surface area contributed by atoms with Crippen LogP contribution in [0, 0.1) is 12.8 Å². The molecule has 0 radical (unpaired) electrons. The minimum Gasteiger partial charge on any atom is -0.506 e. The molecule has 6 heteroatoms. The lowest BCUT2D eigenvalue weighted by molar-refractivity contribution is 0.142. The summed E-state index contributed by atoms with van der Waals surface area (Å²) >= 11 is 0. The zero-order chi connectivity index (χ0) is 18.7. The molecule has 1 heterocycles. The number of aromatic hydroxyl groups is 1. The van der Waals surface area contributed by atoms with Crippen LogP contribution in [0.4, 0.5) is 4.79 Å². The monoisotopic (exact) mass is 358 g/mol. The summed E-state index contributed by atoms with van der Waals surface area (Å²) < 4.78 is 10.2. The number of amides is 1. The Balaban J connectivity index is 1.51. The predicted octanol–water partition coefficient (Wildman–Crippen LogP) is 3.84. The molecule has 0 bridgehead atoms. The van der Waals surface area contributed by atoms with Crippen molar-refractivity contribution in [2.24, 2.45) is 11.7 Å². The summed E-state index contributed by atoms with van der Waals surface area (Å²) in [5.74, 6) is 1.50. The first-order valence-electron chi connectivity index (χ1n) is 9.12. The third kappa shape index (κ3) is 4.18. The molecule has 3 N–H and O–H groups in total. The van der Waals surface area contributed by atoms with Gasteiger partial charge in [-0.05, 0) is 56.7 Å². The van der Waals surface area contributed by atoms with Gasteiger partial charge in [-0.3, -0.25) is 0 Å². The minimum atomic E-state index is -0.677. The van der Waals surface area contributed by atoms with Crippen LogP contribution in [0.2, 0.25) is 0 Å². The standard InChI is InChI=1S/C20H26N2O4/c1-12-15-11-14(25-2)8-9-16(15)22-17(19(12)23)7-5-3-4-6-13-10-18(13)26-20(21)24/h8-9,11,13,18,23H,3-7,10H2,1-2H3,(H2,21,24). The Morgan fingerprint density at radius 2 is 2.15 bits per heavy atom. The molecule has 3 rings (SSSR count). The van der Waals surface area contributed by atoms with Crippen LogP contribution >= 0.6 is 0 Å². The van der Waals surface area contributed by atoms with Crippen molar-refractivity contribution >= 4 is 17.0 Å². The lowest BCUT2D eigenvalue weighted by Gasteiger charge is -2.11. The van der Waals surface area contributed by atoms with Gasteiger partial charge in [-0.15, -0.1) is 0 Å². The smallest absolute Gasteiger partial charge is 0.404 e. The molecule has 2 aromatic rings. The van der Waals surface area contributed by atoms with Crippen LogP contribution in [0.5, 0.6) is 11.5 Å². The maximum absolute atomic E-state index is 10.7. The maximum atomic E-state index is 10.7. The highest BCUT2D eigenvalue weighted by Crippen LogP contribution is 2.38. The van der Waals surface area contributed by atoms with Crippen LogP contribution in [-0.2, 0) is 11.2 Å². The fourth-order valence-corrected chi connectivity index (χ4v) is 3.45. The molecule has 1 saturated carbocycles. The largest absolute Gasteiger partial charge is 0.506 e. The Morgan fingerprint density at radius 1 is 1.35 bits per heavy atom. The van der Waals surface area contributed by atoms with E-state index in [2.05, 4.69) is 4.98 Å². The van der Waals surface area contributed by atoms with Crippen molar-refractivity contribution in [1.82, 2.24) is 4.98 Å². The van der Waals surface area contributed by atoms with Crippen LogP contribution in [0.15, 0.2) is 18.2 Å². The first-order valence-corrected chi connectivity index (χ1v) is 9.12. The molecule has 1 fully saturated rings. The zero-order valence-electron chi connectivity index (χ0n) is 15.3. The normalized spacial score (nSPS) is 18.7. The molecule has 2 atom stereocenters. The van der Waals surface area contributed by atoms with Crippen molar-refractivity contribution in [2.45, 2.75) is 51.6 Å². The van der Waals surface area contributed by atoms with Gasteiger partial charge in [-0.25, -0.2) is 9.78 Å². The fourth-order valence-electron chi connectivity index (χ4n) is 3.45. The van der Waals surface area contributed by atoms with Crippen molar-refractivity contribution in [2.75, 3.05) is 7.11 Å². The van der Waals surface area contributed by atoms with Gasteiger partial charge >= 0.3 is 6.09 Å². The SMILES string of the molecule is COc1ccc2nc(CCCCCC3CC3OC(N)=O)c(O)c(C)c2c1. The van der Waals surface area contributed by atoms with Crippen LogP contribution in [0.25, 0.3) is 10.9 Å². The third-order valence-electron chi connectivity index (χ3n) is 5.11. The van der Waals surface area contributed by atoms with Crippen molar-refractivity contribution in [1.29, 1.82) is 0 Å². The van der Waals surface area contributed by atoms with Crippen LogP contribution in [-0.4, -0.2) is 29.4 Å². The number of aryl methyl sites for hydroxylation is 2. The molecule has 1 amide bonds. The highest BCUT2D eigenvalue weighted by atomic mass is 16.6. The highest BCUT2D eigenvalue weighted by molar-refractivity contribution is 5.85. The van der Waals surface area contributed by atoms with Crippen molar-refractivity contribution in [3.8, 4) is 11.5 Å². The second-order valence-corrected chi connectivity index (χ2v) is 6.99. The Kier molecular flexibility index (Phi) is 5.49. The first-order chi connectivity index (χ1) is 12.5. The summed E-state index contributed by atoms with van der Waals surface area (Å²) in [4.78, 5) is 15.3. The van der Waals surface area contributed by atoms with Gasteiger partial charge in [0, 0.05) is 10.9 Å². The van der Waals surface area contributed by atoms with Crippen LogP contribution in [0.1, 0.15) is 43.4 Å². The second kappa shape index (κ2) is 7.81. The average Bonchev–Trinajstić information content (AvgIpc) is 3.35. The molecule has 1 aliphatic rings. The number of hydrogen-bond donors (Lipinski definition) is 2. The number of carbonyl (C=O) groups excluding carboxylic acids is 1. The van der Waals surface area contributed by atoms with Gasteiger partial charge in [0.15, 0.2) is 0 Å². The fraction of sp³-hybridized carbons (Fsp3) is 0.500. The maximum Gasteiger partial charge on any atom is 0.404 e. The van der Waals surface area contributed by atoms with Crippen LogP contribution in [0.3, 0.4) is 0 Å². The number of aromatic nitrogens is 1. The molecular formula is C20H26N2O4. The van der Waals surface area contributed by atoms with Gasteiger partial charge in [-0.2, -0.15) is 0 Å². The van der Waals surface area contributed by atoms with E-state index >= 15 is 0 Å². The lowest BCUT2D eigenvalue weighted by atomic mass is 10.0. The number of hydrogen-bond acceptors (Lipinski definition) is 5. The van der Waals surface area contributed by atoms with E-state index in [4.69, 9.17) is 15.2 Å². The Hall–Kier alpha value is -2.50. The number of carbonyl (C=O) groups is 1. The second-order valence-electron chi connectivity index (χ2n) is 6.99. The van der Waals surface area contributed by atoms with Gasteiger partial charge in [-0.1, -0.05) is 12.8 Å². The summed E-state index contributed by atoms with van der Waals surface area (Å²) in [5.41, 5.74) is 7.49. The van der Waals surface area contributed by atoms with Crippen molar-refractivity contribution in [3.63, 3.8) is 0 Å². The number of ether oxygens (including phenoxy) is 2. The van der Waals surface area contributed by atoms with Gasteiger partial charge in [0.05, 0.1) is 18.3 Å². The van der Waals surface area contributed by atoms with Gasteiger partial charge < -0.3 is 20.3 Å². The molecule has 0 aliphatic heterocycles. The number of rotatable bonds is 8. The molecular weight excluding hydrogens is 332 g/mol. The molecule has 140 valence electrons. The summed E-state index contributed by atoms with van der Waals surface area (Å²) in [6.07, 6.45) is 5.18. The molecule has 1 aromatic carbocycles. The van der Waals surface area contributed by atoms with Gasteiger partial charge in [0.2, 0.25) is 0 Å². The number of primary amides is 1. The van der Waals surface area contributed by atoms with E-state index in [1.807, 2.05) is 25.1 Å². The van der Waals surface area contributed by atoms with E-state index < -0.39 is 6.09 Å². The number of benzene rings is 1. The van der Waals surface area contributed by atoms with E-state index in [1.54, 1.807) is 7.11 Å². The molecule has 0 saturated heterocycles. The van der Waals surface area contributed by atoms with E-state index in [0.717, 1.165) is 66.4 Å². The summed E-state index contributed by atoms with van der Waals surface area (Å²) in [5, 5.41) is 11.4. The lowest BCUT2D eigenvalue weighted by Crippen LogP contribution is -2.15. The molecule has 1 aromatic heterocycles. The molecule has 26 heavy (non-hydrogen) atoms.